The molecule has 0 aliphatic carbocycles. The lowest BCUT2D eigenvalue weighted by Crippen LogP contribution is -1.93. The van der Waals surface area contributed by atoms with E-state index in [0.29, 0.717) is 5.92 Å². The first kappa shape index (κ1) is 11.7. The van der Waals surface area contributed by atoms with Gasteiger partial charge in [-0.3, -0.25) is 4.40 Å². The summed E-state index contributed by atoms with van der Waals surface area (Å²) in [5.74, 6) is 0.599. The van der Waals surface area contributed by atoms with Gasteiger partial charge in [-0.1, -0.05) is 27.7 Å². The molecule has 0 bridgehead atoms. The SMILES string of the molecule is CC.CCC(C)c1ccn2cnnc2c1. The summed E-state index contributed by atoms with van der Waals surface area (Å²) < 4.78 is 1.92. The number of hydrogen-bond acceptors (Lipinski definition) is 2. The Hall–Kier alpha value is -1.38. The quantitative estimate of drug-likeness (QED) is 0.753. The Morgan fingerprint density at radius 3 is 2.80 bits per heavy atom. The molecule has 0 N–H and O–H groups in total. The van der Waals surface area contributed by atoms with Crippen molar-refractivity contribution < 1.29 is 0 Å². The van der Waals surface area contributed by atoms with Crippen LogP contribution in [-0.2, 0) is 0 Å². The zero-order valence-electron chi connectivity index (χ0n) is 9.94. The predicted molar refractivity (Wildman–Crippen MR) is 63.0 cm³/mol. The zero-order chi connectivity index (χ0) is 11.3. The number of aromatic nitrogens is 3. The summed E-state index contributed by atoms with van der Waals surface area (Å²) in [4.78, 5) is 0. The minimum atomic E-state index is 0.599. The Labute approximate surface area is 91.2 Å². The molecule has 0 aromatic carbocycles. The highest BCUT2D eigenvalue weighted by Gasteiger charge is 2.03. The molecule has 0 spiro atoms. The minimum Gasteiger partial charge on any atom is -0.289 e. The third-order valence-electron chi connectivity index (χ3n) is 2.51. The Bertz CT molecular complexity index is 406. The van der Waals surface area contributed by atoms with Crippen LogP contribution in [0.5, 0.6) is 0 Å². The summed E-state index contributed by atoms with van der Waals surface area (Å²) in [7, 11) is 0. The molecule has 2 aromatic heterocycles. The molecule has 1 atom stereocenters. The van der Waals surface area contributed by atoms with Crippen molar-refractivity contribution in [2.24, 2.45) is 0 Å². The Morgan fingerprint density at radius 1 is 1.40 bits per heavy atom. The summed E-state index contributed by atoms with van der Waals surface area (Å²) in [6.07, 6.45) is 4.89. The van der Waals surface area contributed by atoms with Crippen LogP contribution < -0.4 is 0 Å². The lowest BCUT2D eigenvalue weighted by atomic mass is 10.0. The fourth-order valence-corrected chi connectivity index (χ4v) is 1.38. The van der Waals surface area contributed by atoms with Crippen LogP contribution in [0, 0.1) is 0 Å². The van der Waals surface area contributed by atoms with Crippen molar-refractivity contribution in [3.63, 3.8) is 0 Å². The van der Waals surface area contributed by atoms with E-state index in [-0.39, 0.29) is 0 Å². The van der Waals surface area contributed by atoms with Crippen LogP contribution in [0.2, 0.25) is 0 Å². The number of rotatable bonds is 2. The van der Waals surface area contributed by atoms with Gasteiger partial charge in [0.2, 0.25) is 0 Å². The van der Waals surface area contributed by atoms with Crippen molar-refractivity contribution in [2.75, 3.05) is 0 Å². The zero-order valence-corrected chi connectivity index (χ0v) is 9.94. The van der Waals surface area contributed by atoms with E-state index in [4.69, 9.17) is 0 Å². The highest BCUT2D eigenvalue weighted by molar-refractivity contribution is 5.40. The van der Waals surface area contributed by atoms with Gasteiger partial charge in [0.15, 0.2) is 5.65 Å². The molecule has 0 saturated heterocycles. The highest BCUT2D eigenvalue weighted by atomic mass is 15.2. The average molecular weight is 205 g/mol. The van der Waals surface area contributed by atoms with Crippen molar-refractivity contribution in [1.82, 2.24) is 14.6 Å². The van der Waals surface area contributed by atoms with Crippen LogP contribution in [0.3, 0.4) is 0 Å². The molecule has 15 heavy (non-hydrogen) atoms. The summed E-state index contributed by atoms with van der Waals surface area (Å²) >= 11 is 0. The maximum absolute atomic E-state index is 4.01. The summed E-state index contributed by atoms with van der Waals surface area (Å²) in [6, 6.07) is 4.23. The van der Waals surface area contributed by atoms with E-state index in [1.165, 1.54) is 5.56 Å². The van der Waals surface area contributed by atoms with Crippen molar-refractivity contribution in [1.29, 1.82) is 0 Å². The van der Waals surface area contributed by atoms with Crippen LogP contribution in [0.15, 0.2) is 24.7 Å². The fourth-order valence-electron chi connectivity index (χ4n) is 1.38. The molecule has 2 rings (SSSR count). The summed E-state index contributed by atoms with van der Waals surface area (Å²) in [5.41, 5.74) is 2.26. The second-order valence-electron chi connectivity index (χ2n) is 3.37. The lowest BCUT2D eigenvalue weighted by molar-refractivity contribution is 0.732. The van der Waals surface area contributed by atoms with Crippen molar-refractivity contribution >= 4 is 5.65 Å². The largest absolute Gasteiger partial charge is 0.289 e. The van der Waals surface area contributed by atoms with Crippen molar-refractivity contribution in [3.8, 4) is 0 Å². The molecular formula is C12H19N3. The topological polar surface area (TPSA) is 30.2 Å². The van der Waals surface area contributed by atoms with Crippen molar-refractivity contribution in [3.05, 3.63) is 30.2 Å². The number of hydrogen-bond donors (Lipinski definition) is 0. The fraction of sp³-hybridized carbons (Fsp3) is 0.500. The molecule has 0 saturated carbocycles. The molecule has 0 aliphatic rings. The van der Waals surface area contributed by atoms with Crippen LogP contribution in [0.4, 0.5) is 0 Å². The maximum Gasteiger partial charge on any atom is 0.160 e. The first-order chi connectivity index (χ1) is 7.31. The van der Waals surface area contributed by atoms with E-state index in [1.807, 2.05) is 24.4 Å². The molecule has 82 valence electrons. The average Bonchev–Trinajstić information content (AvgIpc) is 2.77. The van der Waals surface area contributed by atoms with E-state index in [0.717, 1.165) is 12.1 Å². The summed E-state index contributed by atoms with van der Waals surface area (Å²) in [5, 5.41) is 7.85. The van der Waals surface area contributed by atoms with E-state index >= 15 is 0 Å². The minimum absolute atomic E-state index is 0.599. The molecule has 0 radical (unpaired) electrons. The Kier molecular flexibility index (Phi) is 4.28. The van der Waals surface area contributed by atoms with Gasteiger partial charge in [-0.05, 0) is 30.0 Å². The molecule has 1 unspecified atom stereocenters. The second-order valence-corrected chi connectivity index (χ2v) is 3.37. The van der Waals surface area contributed by atoms with Gasteiger partial charge in [0, 0.05) is 6.20 Å². The number of fused-ring (bicyclic) bond motifs is 1. The Balaban J connectivity index is 0.000000531. The van der Waals surface area contributed by atoms with Gasteiger partial charge in [0.05, 0.1) is 0 Å². The molecule has 2 aromatic rings. The van der Waals surface area contributed by atoms with Crippen LogP contribution in [0.1, 0.15) is 45.6 Å². The lowest BCUT2D eigenvalue weighted by Gasteiger charge is -2.07. The molecule has 2 heterocycles. The van der Waals surface area contributed by atoms with Crippen LogP contribution >= 0.6 is 0 Å². The normalized spacial score (nSPS) is 12.0. The smallest absolute Gasteiger partial charge is 0.160 e. The van der Waals surface area contributed by atoms with Gasteiger partial charge in [-0.2, -0.15) is 0 Å². The van der Waals surface area contributed by atoms with E-state index < -0.39 is 0 Å². The van der Waals surface area contributed by atoms with Gasteiger partial charge in [0.25, 0.3) is 0 Å². The van der Waals surface area contributed by atoms with Gasteiger partial charge in [-0.15, -0.1) is 10.2 Å². The first-order valence-corrected chi connectivity index (χ1v) is 5.60. The predicted octanol–water partition coefficient (Wildman–Crippen LogP) is 3.27. The number of nitrogens with zero attached hydrogens (tertiary/aromatic N) is 3. The molecule has 0 aliphatic heterocycles. The maximum atomic E-state index is 4.01. The molecule has 3 nitrogen and oxygen atoms in total. The van der Waals surface area contributed by atoms with Crippen LogP contribution in [0.25, 0.3) is 5.65 Å². The first-order valence-electron chi connectivity index (χ1n) is 5.60. The molecular weight excluding hydrogens is 186 g/mol. The van der Waals surface area contributed by atoms with Gasteiger partial charge in [0.1, 0.15) is 6.33 Å². The third-order valence-corrected chi connectivity index (χ3v) is 2.51. The standard InChI is InChI=1S/C10H13N3.C2H6/c1-3-8(2)9-4-5-13-7-11-12-10(13)6-9;1-2/h4-8H,3H2,1-2H3;1-2H3. The van der Waals surface area contributed by atoms with Crippen LogP contribution in [-0.4, -0.2) is 14.6 Å². The van der Waals surface area contributed by atoms with Gasteiger partial charge in [-0.25, -0.2) is 0 Å². The van der Waals surface area contributed by atoms with Gasteiger partial charge < -0.3 is 0 Å². The Morgan fingerprint density at radius 2 is 2.13 bits per heavy atom. The van der Waals surface area contributed by atoms with Crippen molar-refractivity contribution in [2.45, 2.75) is 40.0 Å². The van der Waals surface area contributed by atoms with Gasteiger partial charge >= 0.3 is 0 Å². The van der Waals surface area contributed by atoms with E-state index in [1.54, 1.807) is 6.33 Å². The van der Waals surface area contributed by atoms with E-state index in [2.05, 4.69) is 36.2 Å². The molecule has 3 heteroatoms. The second kappa shape index (κ2) is 5.49. The third kappa shape index (κ3) is 2.55. The molecule has 0 amide bonds. The van der Waals surface area contributed by atoms with E-state index in [9.17, 15) is 0 Å². The molecule has 0 fully saturated rings. The highest BCUT2D eigenvalue weighted by Crippen LogP contribution is 2.18. The monoisotopic (exact) mass is 205 g/mol. The number of pyridine rings is 1. The summed E-state index contributed by atoms with van der Waals surface area (Å²) in [6.45, 7) is 8.42.